The van der Waals surface area contributed by atoms with Crippen LogP contribution in [0.15, 0.2) is 42.5 Å². The Morgan fingerprint density at radius 1 is 1.20 bits per heavy atom. The summed E-state index contributed by atoms with van der Waals surface area (Å²) in [5.74, 6) is -1.57. The molecule has 2 N–H and O–H groups in total. The quantitative estimate of drug-likeness (QED) is 0.357. The van der Waals surface area contributed by atoms with Crippen molar-refractivity contribution in [1.29, 1.82) is 0 Å². The maximum Gasteiger partial charge on any atom is 0.410 e. The minimum Gasteiger partial charge on any atom is -0.496 e. The SMILES string of the molecule is COc1cc2nc(C)nc(N[C@H](C)c3cccc(C(F)(F)CO)c3)c2cc1C1=CCN(C(=O)OC(C)(C)C)CC1. The molecule has 0 unspecified atom stereocenters. The molecule has 0 radical (unpaired) electrons. The number of alkyl halides is 2. The minimum absolute atomic E-state index is 0.249. The zero-order valence-corrected chi connectivity index (χ0v) is 23.7. The maximum absolute atomic E-state index is 14.1. The van der Waals surface area contributed by atoms with Gasteiger partial charge in [0.25, 0.3) is 5.92 Å². The van der Waals surface area contributed by atoms with Gasteiger partial charge in [0.1, 0.15) is 29.6 Å². The van der Waals surface area contributed by atoms with Crippen LogP contribution in [0.1, 0.15) is 62.7 Å². The molecule has 214 valence electrons. The van der Waals surface area contributed by atoms with E-state index in [-0.39, 0.29) is 17.7 Å². The van der Waals surface area contributed by atoms with Crippen LogP contribution in [-0.2, 0) is 10.7 Å². The van der Waals surface area contributed by atoms with Crippen molar-refractivity contribution in [2.45, 2.75) is 58.6 Å². The van der Waals surface area contributed by atoms with E-state index in [1.807, 2.05) is 45.9 Å². The van der Waals surface area contributed by atoms with Crippen molar-refractivity contribution in [1.82, 2.24) is 14.9 Å². The first-order valence-electron chi connectivity index (χ1n) is 13.2. The second-order valence-electron chi connectivity index (χ2n) is 10.9. The Bertz CT molecular complexity index is 1440. The number of nitrogens with zero attached hydrogens (tertiary/aromatic N) is 3. The van der Waals surface area contributed by atoms with E-state index in [4.69, 9.17) is 14.6 Å². The molecule has 0 spiro atoms. The fraction of sp³-hybridized carbons (Fsp3) is 0.433. The molecule has 0 bridgehead atoms. The van der Waals surface area contributed by atoms with Crippen molar-refractivity contribution in [3.63, 3.8) is 0 Å². The molecule has 1 aliphatic heterocycles. The van der Waals surface area contributed by atoms with Crippen LogP contribution in [0.5, 0.6) is 5.75 Å². The third-order valence-corrected chi connectivity index (χ3v) is 6.70. The predicted molar refractivity (Wildman–Crippen MR) is 151 cm³/mol. The molecule has 10 heteroatoms. The number of carbonyl (C=O) groups is 1. The molecule has 8 nitrogen and oxygen atoms in total. The summed E-state index contributed by atoms with van der Waals surface area (Å²) < 4.78 is 39.4. The van der Waals surface area contributed by atoms with E-state index in [2.05, 4.69) is 15.3 Å². The topological polar surface area (TPSA) is 96.8 Å². The molecule has 40 heavy (non-hydrogen) atoms. The molecular weight excluding hydrogens is 518 g/mol. The number of rotatable bonds is 7. The Morgan fingerprint density at radius 2 is 1.95 bits per heavy atom. The van der Waals surface area contributed by atoms with Crippen LogP contribution in [0.4, 0.5) is 19.4 Å². The molecular formula is C30H36F2N4O4. The van der Waals surface area contributed by atoms with Gasteiger partial charge in [-0.2, -0.15) is 8.78 Å². The smallest absolute Gasteiger partial charge is 0.410 e. The van der Waals surface area contributed by atoms with E-state index >= 15 is 0 Å². The molecule has 0 fully saturated rings. The zero-order chi connectivity index (χ0) is 29.2. The Morgan fingerprint density at radius 3 is 2.58 bits per heavy atom. The Kier molecular flexibility index (Phi) is 8.30. The summed E-state index contributed by atoms with van der Waals surface area (Å²) >= 11 is 0. The molecule has 0 saturated heterocycles. The highest BCUT2D eigenvalue weighted by atomic mass is 19.3. The summed E-state index contributed by atoms with van der Waals surface area (Å²) in [6.07, 6.45) is 2.26. The average molecular weight is 555 g/mol. The summed E-state index contributed by atoms with van der Waals surface area (Å²) in [6, 6.07) is 9.46. The molecule has 1 amide bonds. The van der Waals surface area contributed by atoms with Crippen molar-refractivity contribution >= 4 is 28.4 Å². The highest BCUT2D eigenvalue weighted by Gasteiger charge is 2.31. The van der Waals surface area contributed by atoms with Gasteiger partial charge in [0.15, 0.2) is 0 Å². The second-order valence-corrected chi connectivity index (χ2v) is 10.9. The number of hydrogen-bond acceptors (Lipinski definition) is 7. The van der Waals surface area contributed by atoms with E-state index in [1.165, 1.54) is 12.1 Å². The van der Waals surface area contributed by atoms with Crippen molar-refractivity contribution in [2.75, 3.05) is 32.1 Å². The number of nitrogens with one attached hydrogen (secondary N) is 1. The van der Waals surface area contributed by atoms with E-state index in [0.717, 1.165) is 16.5 Å². The van der Waals surface area contributed by atoms with Crippen LogP contribution >= 0.6 is 0 Å². The molecule has 4 rings (SSSR count). The lowest BCUT2D eigenvalue weighted by Crippen LogP contribution is -2.39. The van der Waals surface area contributed by atoms with Gasteiger partial charge in [0.05, 0.1) is 12.6 Å². The Balaban J connectivity index is 1.66. The van der Waals surface area contributed by atoms with Gasteiger partial charge < -0.3 is 24.8 Å². The third kappa shape index (κ3) is 6.50. The first-order chi connectivity index (χ1) is 18.8. The number of benzene rings is 2. The monoisotopic (exact) mass is 554 g/mol. The maximum atomic E-state index is 14.1. The van der Waals surface area contributed by atoms with Gasteiger partial charge in [-0.15, -0.1) is 0 Å². The molecule has 2 heterocycles. The van der Waals surface area contributed by atoms with E-state index in [9.17, 15) is 13.6 Å². The fourth-order valence-corrected chi connectivity index (χ4v) is 4.62. The number of aliphatic hydroxyl groups is 1. The van der Waals surface area contributed by atoms with Crippen LogP contribution in [0, 0.1) is 6.92 Å². The summed E-state index contributed by atoms with van der Waals surface area (Å²) in [5.41, 5.74) is 2.38. The first kappa shape index (κ1) is 29.2. The van der Waals surface area contributed by atoms with Crippen molar-refractivity contribution in [2.24, 2.45) is 0 Å². The van der Waals surface area contributed by atoms with Gasteiger partial charge in [0, 0.05) is 41.7 Å². The molecule has 2 aromatic carbocycles. The number of anilines is 1. The van der Waals surface area contributed by atoms with Crippen molar-refractivity contribution < 1.29 is 28.2 Å². The summed E-state index contributed by atoms with van der Waals surface area (Å²) in [6.45, 7) is 8.82. The highest BCUT2D eigenvalue weighted by Crippen LogP contribution is 2.37. The van der Waals surface area contributed by atoms with Gasteiger partial charge in [-0.3, -0.25) is 0 Å². The molecule has 0 aliphatic carbocycles. The lowest BCUT2D eigenvalue weighted by molar-refractivity contribution is -0.0556. The number of aromatic nitrogens is 2. The lowest BCUT2D eigenvalue weighted by Gasteiger charge is -2.30. The Labute approximate surface area is 233 Å². The first-order valence-corrected chi connectivity index (χ1v) is 13.2. The largest absolute Gasteiger partial charge is 0.496 e. The number of halogens is 2. The highest BCUT2D eigenvalue weighted by molar-refractivity contribution is 5.94. The minimum atomic E-state index is -3.33. The summed E-state index contributed by atoms with van der Waals surface area (Å²) in [7, 11) is 1.60. The van der Waals surface area contributed by atoms with Gasteiger partial charge in [0.2, 0.25) is 0 Å². The molecule has 3 aromatic rings. The average Bonchev–Trinajstić information content (AvgIpc) is 2.91. The van der Waals surface area contributed by atoms with Gasteiger partial charge in [-0.05, 0) is 64.3 Å². The number of methoxy groups -OCH3 is 1. The number of aliphatic hydroxyl groups excluding tert-OH is 1. The van der Waals surface area contributed by atoms with Crippen LogP contribution in [0.25, 0.3) is 16.5 Å². The summed E-state index contributed by atoms with van der Waals surface area (Å²) in [4.78, 5) is 23.4. The van der Waals surface area contributed by atoms with Gasteiger partial charge in [-0.1, -0.05) is 24.3 Å². The number of aryl methyl sites for hydroxylation is 1. The van der Waals surface area contributed by atoms with Crippen molar-refractivity contribution in [3.05, 3.63) is 65.0 Å². The fourth-order valence-electron chi connectivity index (χ4n) is 4.62. The van der Waals surface area contributed by atoms with E-state index in [0.29, 0.717) is 48.0 Å². The second kappa shape index (κ2) is 11.4. The van der Waals surface area contributed by atoms with Gasteiger partial charge in [-0.25, -0.2) is 14.8 Å². The number of fused-ring (bicyclic) bond motifs is 1. The Hall–Kier alpha value is -3.79. The predicted octanol–water partition coefficient (Wildman–Crippen LogP) is 6.23. The molecule has 1 aromatic heterocycles. The lowest BCUT2D eigenvalue weighted by atomic mass is 9.96. The number of ether oxygens (including phenoxy) is 2. The van der Waals surface area contributed by atoms with Crippen LogP contribution in [0.2, 0.25) is 0 Å². The third-order valence-electron chi connectivity index (χ3n) is 6.70. The van der Waals surface area contributed by atoms with Crippen molar-refractivity contribution in [3.8, 4) is 5.75 Å². The van der Waals surface area contributed by atoms with Crippen LogP contribution in [-0.4, -0.2) is 58.5 Å². The standard InChI is InChI=1S/C30H36F2N4O4/c1-18(21-8-7-9-22(14-21)30(31,32)17-37)33-27-24-15-23(26(39-6)16-25(24)34-19(2)35-27)20-10-12-36(13-11-20)28(38)40-29(3,4)5/h7-10,14-16,18,37H,11-13,17H2,1-6H3,(H,33,34,35)/t18-/m1/s1. The molecule has 0 saturated carbocycles. The van der Waals surface area contributed by atoms with Crippen LogP contribution < -0.4 is 10.1 Å². The van der Waals surface area contributed by atoms with E-state index in [1.54, 1.807) is 31.1 Å². The van der Waals surface area contributed by atoms with E-state index < -0.39 is 18.1 Å². The number of hydrogen-bond donors (Lipinski definition) is 2. The number of carbonyl (C=O) groups excluding carboxylic acids is 1. The summed E-state index contributed by atoms with van der Waals surface area (Å²) in [5, 5.41) is 13.2. The normalized spacial score (nSPS) is 15.0. The zero-order valence-electron chi connectivity index (χ0n) is 23.7. The number of amides is 1. The van der Waals surface area contributed by atoms with Crippen LogP contribution in [0.3, 0.4) is 0 Å². The molecule has 1 aliphatic rings. The van der Waals surface area contributed by atoms with Gasteiger partial charge >= 0.3 is 6.09 Å². The molecule has 1 atom stereocenters.